The molecule has 0 saturated carbocycles. The van der Waals surface area contributed by atoms with Gasteiger partial charge in [0, 0.05) is 6.20 Å². The van der Waals surface area contributed by atoms with E-state index in [9.17, 15) is 4.79 Å². The summed E-state index contributed by atoms with van der Waals surface area (Å²) in [6, 6.07) is 24.9. The number of ether oxygens (including phenoxy) is 1. The van der Waals surface area contributed by atoms with Gasteiger partial charge in [-0.05, 0) is 23.3 Å². The van der Waals surface area contributed by atoms with Gasteiger partial charge >= 0.3 is 6.09 Å². The molecule has 0 bridgehead atoms. The van der Waals surface area contributed by atoms with Crippen LogP contribution in [0.2, 0.25) is 0 Å². The lowest BCUT2D eigenvalue weighted by atomic mass is 10.2. The fraction of sp³-hybridized carbons (Fsp3) is 0.100. The Balaban J connectivity index is 1.75. The molecule has 0 saturated heterocycles. The van der Waals surface area contributed by atoms with Crippen LogP contribution in [0.4, 0.5) is 10.6 Å². The summed E-state index contributed by atoms with van der Waals surface area (Å²) < 4.78 is 5.46. The van der Waals surface area contributed by atoms with E-state index in [2.05, 4.69) is 4.98 Å². The van der Waals surface area contributed by atoms with Gasteiger partial charge in [-0.15, -0.1) is 0 Å². The van der Waals surface area contributed by atoms with E-state index >= 15 is 0 Å². The number of amides is 1. The first-order valence-electron chi connectivity index (χ1n) is 7.76. The molecule has 120 valence electrons. The molecule has 3 rings (SSSR count). The third kappa shape index (κ3) is 4.20. The highest BCUT2D eigenvalue weighted by Gasteiger charge is 2.18. The summed E-state index contributed by atoms with van der Waals surface area (Å²) in [5.74, 6) is 0.569. The predicted octanol–water partition coefficient (Wildman–Crippen LogP) is 4.43. The second-order valence-corrected chi connectivity index (χ2v) is 5.30. The highest BCUT2D eigenvalue weighted by atomic mass is 16.6. The first kappa shape index (κ1) is 15.7. The van der Waals surface area contributed by atoms with Crippen molar-refractivity contribution < 1.29 is 9.53 Å². The molecule has 2 aromatic carbocycles. The van der Waals surface area contributed by atoms with Gasteiger partial charge < -0.3 is 4.74 Å². The average Bonchev–Trinajstić information content (AvgIpc) is 2.66. The van der Waals surface area contributed by atoms with Crippen molar-refractivity contribution in [1.82, 2.24) is 4.98 Å². The number of hydrogen-bond donors (Lipinski definition) is 0. The summed E-state index contributed by atoms with van der Waals surface area (Å²) in [7, 11) is 0. The summed E-state index contributed by atoms with van der Waals surface area (Å²) in [6.45, 7) is 0.642. The zero-order chi connectivity index (χ0) is 16.6. The number of carbonyl (C=O) groups excluding carboxylic acids is 1. The molecule has 1 amide bonds. The summed E-state index contributed by atoms with van der Waals surface area (Å²) in [4.78, 5) is 18.4. The van der Waals surface area contributed by atoms with Crippen LogP contribution in [0.15, 0.2) is 85.1 Å². The van der Waals surface area contributed by atoms with E-state index in [-0.39, 0.29) is 6.61 Å². The Morgan fingerprint density at radius 3 is 2.08 bits per heavy atom. The SMILES string of the molecule is O=C(OCc1ccccc1)N(Cc1ccccc1)c1ccccn1. The van der Waals surface area contributed by atoms with Crippen LogP contribution < -0.4 is 4.90 Å². The lowest BCUT2D eigenvalue weighted by Crippen LogP contribution is -2.31. The zero-order valence-electron chi connectivity index (χ0n) is 13.2. The van der Waals surface area contributed by atoms with Crippen LogP contribution in [-0.2, 0) is 17.9 Å². The number of rotatable bonds is 5. The molecule has 4 heteroatoms. The maximum Gasteiger partial charge on any atom is 0.416 e. The second kappa shape index (κ2) is 7.92. The van der Waals surface area contributed by atoms with Crippen molar-refractivity contribution in [3.05, 3.63) is 96.2 Å². The molecule has 0 aliphatic carbocycles. The zero-order valence-corrected chi connectivity index (χ0v) is 13.2. The Labute approximate surface area is 141 Å². The number of benzene rings is 2. The number of carbonyl (C=O) groups is 1. The molecule has 0 aliphatic rings. The van der Waals surface area contributed by atoms with Crippen LogP contribution in [0, 0.1) is 0 Å². The van der Waals surface area contributed by atoms with Crippen LogP contribution in [0.5, 0.6) is 0 Å². The van der Waals surface area contributed by atoms with Crippen molar-refractivity contribution in [2.45, 2.75) is 13.2 Å². The summed E-state index contributed by atoms with van der Waals surface area (Å²) >= 11 is 0. The largest absolute Gasteiger partial charge is 0.444 e. The molecule has 0 fully saturated rings. The standard InChI is InChI=1S/C20H18N2O2/c23-20(24-16-18-11-5-2-6-12-18)22(19-13-7-8-14-21-19)15-17-9-3-1-4-10-17/h1-14H,15-16H2. The highest BCUT2D eigenvalue weighted by molar-refractivity contribution is 5.86. The Morgan fingerprint density at radius 1 is 0.833 bits per heavy atom. The number of aromatic nitrogens is 1. The third-order valence-electron chi connectivity index (χ3n) is 3.53. The minimum atomic E-state index is -0.415. The molecule has 0 atom stereocenters. The van der Waals surface area contributed by atoms with E-state index in [1.165, 1.54) is 4.90 Å². The molecule has 0 unspecified atom stereocenters. The first-order valence-corrected chi connectivity index (χ1v) is 7.76. The number of anilines is 1. The Bertz CT molecular complexity index is 761. The first-order chi connectivity index (χ1) is 11.8. The van der Waals surface area contributed by atoms with Crippen molar-refractivity contribution in [2.24, 2.45) is 0 Å². The molecule has 0 aliphatic heterocycles. The summed E-state index contributed by atoms with van der Waals surface area (Å²) in [5.41, 5.74) is 1.96. The van der Waals surface area contributed by atoms with Gasteiger partial charge in [-0.3, -0.25) is 4.90 Å². The van der Waals surface area contributed by atoms with E-state index in [0.29, 0.717) is 12.4 Å². The van der Waals surface area contributed by atoms with E-state index in [0.717, 1.165) is 11.1 Å². The lowest BCUT2D eigenvalue weighted by molar-refractivity contribution is 0.146. The molecular formula is C20H18N2O2. The van der Waals surface area contributed by atoms with Gasteiger partial charge in [0.15, 0.2) is 0 Å². The fourth-order valence-electron chi connectivity index (χ4n) is 2.32. The van der Waals surface area contributed by atoms with E-state index in [1.807, 2.05) is 72.8 Å². The quantitative estimate of drug-likeness (QED) is 0.699. The molecule has 0 radical (unpaired) electrons. The van der Waals surface area contributed by atoms with Gasteiger partial charge in [0.2, 0.25) is 0 Å². The van der Waals surface area contributed by atoms with Crippen LogP contribution in [0.25, 0.3) is 0 Å². The minimum Gasteiger partial charge on any atom is -0.444 e. The highest BCUT2D eigenvalue weighted by Crippen LogP contribution is 2.16. The normalized spacial score (nSPS) is 10.2. The summed E-state index contributed by atoms with van der Waals surface area (Å²) in [6.07, 6.45) is 1.25. The average molecular weight is 318 g/mol. The second-order valence-electron chi connectivity index (χ2n) is 5.30. The molecule has 3 aromatic rings. The molecule has 0 N–H and O–H groups in total. The third-order valence-corrected chi connectivity index (χ3v) is 3.53. The van der Waals surface area contributed by atoms with Gasteiger partial charge in [-0.1, -0.05) is 66.7 Å². The molecule has 4 nitrogen and oxygen atoms in total. The van der Waals surface area contributed by atoms with E-state index in [1.54, 1.807) is 12.3 Å². The van der Waals surface area contributed by atoms with E-state index in [4.69, 9.17) is 4.74 Å². The minimum absolute atomic E-state index is 0.234. The van der Waals surface area contributed by atoms with Gasteiger partial charge in [0.05, 0.1) is 6.54 Å². The van der Waals surface area contributed by atoms with Gasteiger partial charge in [0.25, 0.3) is 0 Å². The molecular weight excluding hydrogens is 300 g/mol. The van der Waals surface area contributed by atoms with Gasteiger partial charge in [-0.2, -0.15) is 0 Å². The number of nitrogens with zero attached hydrogens (tertiary/aromatic N) is 2. The van der Waals surface area contributed by atoms with Crippen LogP contribution in [0.3, 0.4) is 0 Å². The topological polar surface area (TPSA) is 42.4 Å². The molecule has 0 spiro atoms. The molecule has 24 heavy (non-hydrogen) atoms. The maximum atomic E-state index is 12.6. The van der Waals surface area contributed by atoms with Crippen LogP contribution in [-0.4, -0.2) is 11.1 Å². The Morgan fingerprint density at radius 2 is 1.46 bits per heavy atom. The molecule has 1 heterocycles. The van der Waals surface area contributed by atoms with Crippen molar-refractivity contribution >= 4 is 11.9 Å². The lowest BCUT2D eigenvalue weighted by Gasteiger charge is -2.21. The van der Waals surface area contributed by atoms with Crippen LogP contribution in [0.1, 0.15) is 11.1 Å². The van der Waals surface area contributed by atoms with Crippen molar-refractivity contribution in [3.63, 3.8) is 0 Å². The maximum absolute atomic E-state index is 12.6. The molecule has 1 aromatic heterocycles. The van der Waals surface area contributed by atoms with Crippen LogP contribution >= 0.6 is 0 Å². The van der Waals surface area contributed by atoms with E-state index < -0.39 is 6.09 Å². The predicted molar refractivity (Wildman–Crippen MR) is 93.5 cm³/mol. The van der Waals surface area contributed by atoms with Crippen molar-refractivity contribution in [2.75, 3.05) is 4.90 Å². The number of hydrogen-bond acceptors (Lipinski definition) is 3. The Hall–Kier alpha value is -3.14. The Kier molecular flexibility index (Phi) is 5.20. The van der Waals surface area contributed by atoms with Gasteiger partial charge in [-0.25, -0.2) is 9.78 Å². The monoisotopic (exact) mass is 318 g/mol. The van der Waals surface area contributed by atoms with Crippen molar-refractivity contribution in [3.8, 4) is 0 Å². The smallest absolute Gasteiger partial charge is 0.416 e. The van der Waals surface area contributed by atoms with Crippen molar-refractivity contribution in [1.29, 1.82) is 0 Å². The van der Waals surface area contributed by atoms with Gasteiger partial charge in [0.1, 0.15) is 12.4 Å². The fourth-order valence-corrected chi connectivity index (χ4v) is 2.32. The number of pyridine rings is 1. The summed E-state index contributed by atoms with van der Waals surface area (Å²) in [5, 5.41) is 0.